The van der Waals surface area contributed by atoms with Crippen LogP contribution in [0.4, 0.5) is 0 Å². The minimum absolute atomic E-state index is 0.289. The lowest BCUT2D eigenvalue weighted by Gasteiger charge is -2.15. The molecule has 1 unspecified atom stereocenters. The summed E-state index contributed by atoms with van der Waals surface area (Å²) in [6.07, 6.45) is 54.0. The van der Waals surface area contributed by atoms with Gasteiger partial charge in [0, 0.05) is 12.8 Å². The second-order valence-electron chi connectivity index (χ2n) is 13.0. The first-order chi connectivity index (χ1) is 21.7. The fourth-order valence-corrected chi connectivity index (χ4v) is 5.28. The van der Waals surface area contributed by atoms with Crippen LogP contribution in [0.25, 0.3) is 0 Å². The summed E-state index contributed by atoms with van der Waals surface area (Å²) < 4.78 is 0. The van der Waals surface area contributed by atoms with Gasteiger partial charge in [-0.1, -0.05) is 145 Å². The van der Waals surface area contributed by atoms with Gasteiger partial charge >= 0.3 is 0 Å². The van der Waals surface area contributed by atoms with Crippen LogP contribution in [-0.2, 0) is 4.84 Å². The maximum absolute atomic E-state index is 5.99. The fraction of sp³-hybridized carbons (Fsp3) is 0.780. The summed E-state index contributed by atoms with van der Waals surface area (Å²) in [6, 6.07) is 0. The molecule has 3 nitrogen and oxygen atoms in total. The minimum atomic E-state index is 0.289. The Balaban J connectivity index is 3.93. The number of oxime groups is 1. The number of hydrogen-bond acceptors (Lipinski definition) is 3. The van der Waals surface area contributed by atoms with Crippen molar-refractivity contribution in [3.63, 3.8) is 0 Å². The summed E-state index contributed by atoms with van der Waals surface area (Å²) in [4.78, 5) is 8.18. The highest BCUT2D eigenvalue weighted by atomic mass is 16.6. The van der Waals surface area contributed by atoms with E-state index in [1.807, 2.05) is 6.21 Å². The average molecular weight is 613 g/mol. The molecular weight excluding hydrogens is 536 g/mol. The molecule has 0 aliphatic rings. The quantitative estimate of drug-likeness (QED) is 0.0312. The third kappa shape index (κ3) is 36.6. The molecule has 256 valence electrons. The smallest absolute Gasteiger partial charge is 0.127 e. The van der Waals surface area contributed by atoms with Crippen molar-refractivity contribution in [1.82, 2.24) is 4.90 Å². The first kappa shape index (κ1) is 42.4. The van der Waals surface area contributed by atoms with Gasteiger partial charge in [0.15, 0.2) is 0 Å². The van der Waals surface area contributed by atoms with E-state index in [2.05, 4.69) is 86.6 Å². The molecule has 44 heavy (non-hydrogen) atoms. The average Bonchev–Trinajstić information content (AvgIpc) is 3.02. The molecule has 0 aliphatic carbocycles. The van der Waals surface area contributed by atoms with E-state index in [1.54, 1.807) is 0 Å². The van der Waals surface area contributed by atoms with Gasteiger partial charge in [0.1, 0.15) is 6.10 Å². The molecule has 0 rings (SSSR count). The number of rotatable bonds is 34. The molecule has 3 heteroatoms. The molecule has 0 aromatic carbocycles. The lowest BCUT2D eigenvalue weighted by Crippen LogP contribution is -2.13. The fourth-order valence-electron chi connectivity index (χ4n) is 5.28. The Morgan fingerprint density at radius 1 is 0.477 bits per heavy atom. The van der Waals surface area contributed by atoms with Crippen molar-refractivity contribution in [2.24, 2.45) is 5.16 Å². The second kappa shape index (κ2) is 37.6. The van der Waals surface area contributed by atoms with E-state index in [4.69, 9.17) is 4.84 Å². The zero-order valence-electron chi connectivity index (χ0n) is 30.2. The van der Waals surface area contributed by atoms with Crippen molar-refractivity contribution in [1.29, 1.82) is 0 Å². The Bertz CT molecular complexity index is 691. The van der Waals surface area contributed by atoms with Gasteiger partial charge in [-0.3, -0.25) is 0 Å². The molecule has 0 spiro atoms. The van der Waals surface area contributed by atoms with Crippen LogP contribution in [0.1, 0.15) is 181 Å². The van der Waals surface area contributed by atoms with E-state index in [9.17, 15) is 0 Å². The normalized spacial score (nSPS) is 13.3. The highest BCUT2D eigenvalue weighted by Crippen LogP contribution is 2.17. The molecule has 0 aliphatic heterocycles. The summed E-state index contributed by atoms with van der Waals surface area (Å²) >= 11 is 0. The van der Waals surface area contributed by atoms with Gasteiger partial charge in [-0.05, 0) is 104 Å². The zero-order chi connectivity index (χ0) is 32.0. The van der Waals surface area contributed by atoms with Gasteiger partial charge in [-0.2, -0.15) is 0 Å². The Morgan fingerprint density at radius 2 is 0.886 bits per heavy atom. The number of allylic oxidation sites excluding steroid dienone is 8. The van der Waals surface area contributed by atoms with E-state index < -0.39 is 0 Å². The molecule has 0 fully saturated rings. The molecule has 0 radical (unpaired) electrons. The third-order valence-electron chi connectivity index (χ3n) is 8.19. The SMILES string of the molecule is CCCC/C=C\C/C=C\CCCCCCCCC(CCCCCCCC/C=C\C/C=C\CCCCC)ON=CCCN(C)C. The van der Waals surface area contributed by atoms with Crippen LogP contribution in [0, 0.1) is 0 Å². The van der Waals surface area contributed by atoms with E-state index >= 15 is 0 Å². The van der Waals surface area contributed by atoms with Gasteiger partial charge in [0.25, 0.3) is 0 Å². The minimum Gasteiger partial charge on any atom is -0.393 e. The maximum Gasteiger partial charge on any atom is 0.127 e. The molecule has 0 aromatic heterocycles. The Hall–Kier alpha value is -1.61. The third-order valence-corrected chi connectivity index (χ3v) is 8.19. The van der Waals surface area contributed by atoms with Crippen molar-refractivity contribution < 1.29 is 4.84 Å². The lowest BCUT2D eigenvalue weighted by molar-refractivity contribution is 0.0436. The molecule has 1 atom stereocenters. The monoisotopic (exact) mass is 613 g/mol. The van der Waals surface area contributed by atoms with Crippen molar-refractivity contribution in [3.05, 3.63) is 48.6 Å². The van der Waals surface area contributed by atoms with Gasteiger partial charge < -0.3 is 9.74 Å². The van der Waals surface area contributed by atoms with Crippen molar-refractivity contribution >= 4 is 6.21 Å². The highest BCUT2D eigenvalue weighted by Gasteiger charge is 2.09. The zero-order valence-corrected chi connectivity index (χ0v) is 30.2. The molecule has 0 aromatic rings. The maximum atomic E-state index is 5.99. The molecule has 0 saturated heterocycles. The standard InChI is InChI=1S/C41H76N2O/c1-5-7-9-11-13-15-17-19-21-23-25-27-29-31-33-35-38-41(44-42-39-36-40-43(3)4)37-34-32-30-28-26-24-22-20-18-16-14-12-10-8-6-2/h12-15,18-21,39,41H,5-11,16-17,22-38,40H2,1-4H3/b14-12-,15-13-,20-18-,21-19-,42-39?. The van der Waals surface area contributed by atoms with Crippen LogP contribution in [0.15, 0.2) is 53.8 Å². The van der Waals surface area contributed by atoms with Crippen LogP contribution in [0.3, 0.4) is 0 Å². The summed E-state index contributed by atoms with van der Waals surface area (Å²) in [5.74, 6) is 0. The van der Waals surface area contributed by atoms with Gasteiger partial charge in [-0.25, -0.2) is 0 Å². The van der Waals surface area contributed by atoms with Crippen molar-refractivity contribution in [2.75, 3.05) is 20.6 Å². The molecular formula is C41H76N2O. The molecule has 0 heterocycles. The lowest BCUT2D eigenvalue weighted by atomic mass is 10.0. The first-order valence-corrected chi connectivity index (χ1v) is 19.1. The van der Waals surface area contributed by atoms with Crippen molar-refractivity contribution in [2.45, 2.75) is 187 Å². The highest BCUT2D eigenvalue weighted by molar-refractivity contribution is 5.56. The van der Waals surface area contributed by atoms with Gasteiger partial charge in [0.05, 0.1) is 0 Å². The predicted octanol–water partition coefficient (Wildman–Crippen LogP) is 13.3. The van der Waals surface area contributed by atoms with Gasteiger partial charge in [-0.15, -0.1) is 0 Å². The molecule has 0 saturated carbocycles. The molecule has 0 amide bonds. The van der Waals surface area contributed by atoms with E-state index in [0.29, 0.717) is 0 Å². The first-order valence-electron chi connectivity index (χ1n) is 19.1. The largest absolute Gasteiger partial charge is 0.393 e. The van der Waals surface area contributed by atoms with Gasteiger partial charge in [0.2, 0.25) is 0 Å². The number of unbranched alkanes of at least 4 members (excludes halogenated alkanes) is 17. The van der Waals surface area contributed by atoms with E-state index in [1.165, 1.54) is 135 Å². The Labute approximate surface area is 276 Å². The van der Waals surface area contributed by atoms with Crippen LogP contribution < -0.4 is 0 Å². The number of nitrogens with zero attached hydrogens (tertiary/aromatic N) is 2. The Kier molecular flexibility index (Phi) is 36.2. The summed E-state index contributed by atoms with van der Waals surface area (Å²) in [5.41, 5.74) is 0. The van der Waals surface area contributed by atoms with E-state index in [-0.39, 0.29) is 6.10 Å². The summed E-state index contributed by atoms with van der Waals surface area (Å²) in [5, 5.41) is 4.35. The summed E-state index contributed by atoms with van der Waals surface area (Å²) in [6.45, 7) is 5.54. The van der Waals surface area contributed by atoms with Crippen LogP contribution in [0.5, 0.6) is 0 Å². The van der Waals surface area contributed by atoms with Crippen molar-refractivity contribution in [3.8, 4) is 0 Å². The molecule has 0 bridgehead atoms. The topological polar surface area (TPSA) is 24.8 Å². The second-order valence-corrected chi connectivity index (χ2v) is 13.0. The predicted molar refractivity (Wildman–Crippen MR) is 200 cm³/mol. The molecule has 0 N–H and O–H groups in total. The van der Waals surface area contributed by atoms with Crippen LogP contribution >= 0.6 is 0 Å². The van der Waals surface area contributed by atoms with E-state index in [0.717, 1.165) is 38.6 Å². The summed E-state index contributed by atoms with van der Waals surface area (Å²) in [7, 11) is 4.21. The van der Waals surface area contributed by atoms with Crippen LogP contribution in [0.2, 0.25) is 0 Å². The number of hydrogen-bond donors (Lipinski definition) is 0. The Morgan fingerprint density at radius 3 is 1.34 bits per heavy atom. The van der Waals surface area contributed by atoms with Crippen LogP contribution in [-0.4, -0.2) is 37.9 Å².